The van der Waals surface area contributed by atoms with Crippen LogP contribution in [0.3, 0.4) is 0 Å². The second-order valence-corrected chi connectivity index (χ2v) is 4.46. The largest absolute Gasteiger partial charge is 0.324 e. The summed E-state index contributed by atoms with van der Waals surface area (Å²) in [7, 11) is 0. The topological polar surface area (TPSA) is 110 Å². The smallest absolute Gasteiger partial charge is 0.282 e. The molecule has 2 rings (SSSR count). The van der Waals surface area contributed by atoms with E-state index in [1.807, 2.05) is 13.0 Å². The Morgan fingerprint density at radius 2 is 1.95 bits per heavy atom. The number of benzene rings is 2. The Morgan fingerprint density at radius 3 is 2.57 bits per heavy atom. The molecule has 0 fully saturated rings. The predicted molar refractivity (Wildman–Crippen MR) is 80.0 cm³/mol. The Bertz CT molecular complexity index is 700. The molecule has 0 saturated heterocycles. The van der Waals surface area contributed by atoms with Crippen molar-refractivity contribution in [2.45, 2.75) is 6.92 Å². The zero-order chi connectivity index (χ0) is 15.4. The number of carbonyl (C=O) groups excluding carboxylic acids is 1. The van der Waals surface area contributed by atoms with Crippen molar-refractivity contribution >= 4 is 23.0 Å². The Labute approximate surface area is 120 Å². The lowest BCUT2D eigenvalue weighted by Gasteiger charge is -2.08. The first kappa shape index (κ1) is 14.5. The van der Waals surface area contributed by atoms with Crippen LogP contribution in [0.15, 0.2) is 42.5 Å². The molecule has 21 heavy (non-hydrogen) atoms. The number of nitrogens with one attached hydrogen (secondary N) is 2. The Hall–Kier alpha value is -2.93. The third-order valence-corrected chi connectivity index (χ3v) is 2.88. The number of rotatable bonds is 4. The van der Waals surface area contributed by atoms with Crippen molar-refractivity contribution in [2.24, 2.45) is 5.84 Å². The molecule has 0 aliphatic heterocycles. The molecule has 108 valence electrons. The van der Waals surface area contributed by atoms with Gasteiger partial charge in [0.25, 0.3) is 11.6 Å². The van der Waals surface area contributed by atoms with E-state index in [0.29, 0.717) is 11.4 Å². The summed E-state index contributed by atoms with van der Waals surface area (Å²) in [5, 5.41) is 13.6. The summed E-state index contributed by atoms with van der Waals surface area (Å²) in [6, 6.07) is 11.2. The summed E-state index contributed by atoms with van der Waals surface area (Å²) in [4.78, 5) is 22.6. The normalized spacial score (nSPS) is 10.0. The minimum absolute atomic E-state index is 0.0584. The maximum Gasteiger partial charge on any atom is 0.282 e. The van der Waals surface area contributed by atoms with Gasteiger partial charge < -0.3 is 10.7 Å². The molecule has 0 saturated carbocycles. The summed E-state index contributed by atoms with van der Waals surface area (Å²) in [6.07, 6.45) is 0. The molecule has 0 unspecified atom stereocenters. The first-order chi connectivity index (χ1) is 10.0. The number of anilines is 2. The van der Waals surface area contributed by atoms with Crippen molar-refractivity contribution in [3.8, 4) is 0 Å². The second kappa shape index (κ2) is 6.02. The van der Waals surface area contributed by atoms with Crippen molar-refractivity contribution in [2.75, 3.05) is 10.7 Å². The summed E-state index contributed by atoms with van der Waals surface area (Å²) in [5.74, 6) is 4.70. The standard InChI is InChI=1S/C14H14N4O3/c1-9-3-2-4-10(7-9)16-14(19)12-8-11(17-15)5-6-13(12)18(20)21/h2-8,17H,15H2,1H3,(H,16,19). The molecule has 0 heterocycles. The van der Waals surface area contributed by atoms with E-state index in [9.17, 15) is 14.9 Å². The number of hydrogen-bond acceptors (Lipinski definition) is 5. The fourth-order valence-corrected chi connectivity index (χ4v) is 1.89. The van der Waals surface area contributed by atoms with Gasteiger partial charge in [0.05, 0.1) is 4.92 Å². The number of nitrogen functional groups attached to an aromatic ring is 1. The molecular formula is C14H14N4O3. The monoisotopic (exact) mass is 286 g/mol. The van der Waals surface area contributed by atoms with Gasteiger partial charge in [-0.15, -0.1) is 0 Å². The van der Waals surface area contributed by atoms with Gasteiger partial charge in [-0.25, -0.2) is 0 Å². The molecule has 4 N–H and O–H groups in total. The maximum absolute atomic E-state index is 12.2. The van der Waals surface area contributed by atoms with E-state index in [2.05, 4.69) is 10.7 Å². The molecule has 0 bridgehead atoms. The van der Waals surface area contributed by atoms with Gasteiger partial charge in [-0.05, 0) is 36.8 Å². The van der Waals surface area contributed by atoms with Crippen LogP contribution < -0.4 is 16.6 Å². The maximum atomic E-state index is 12.2. The van der Waals surface area contributed by atoms with Gasteiger partial charge in [0, 0.05) is 17.4 Å². The molecular weight excluding hydrogens is 272 g/mol. The van der Waals surface area contributed by atoms with Gasteiger partial charge in [0.15, 0.2) is 0 Å². The number of hydrazine groups is 1. The number of nitrogens with two attached hydrogens (primary N) is 1. The number of carbonyl (C=O) groups is 1. The number of aryl methyl sites for hydroxylation is 1. The number of nitro groups is 1. The minimum atomic E-state index is -0.606. The van der Waals surface area contributed by atoms with Crippen molar-refractivity contribution in [3.63, 3.8) is 0 Å². The van der Waals surface area contributed by atoms with Crippen molar-refractivity contribution in [1.29, 1.82) is 0 Å². The van der Waals surface area contributed by atoms with Gasteiger partial charge in [0.2, 0.25) is 0 Å². The van der Waals surface area contributed by atoms with Crippen LogP contribution in [0.1, 0.15) is 15.9 Å². The Balaban J connectivity index is 2.35. The number of nitro benzene ring substituents is 1. The fraction of sp³-hybridized carbons (Fsp3) is 0.0714. The van der Waals surface area contributed by atoms with E-state index in [1.54, 1.807) is 18.2 Å². The molecule has 7 heteroatoms. The molecule has 0 radical (unpaired) electrons. The Morgan fingerprint density at radius 1 is 1.19 bits per heavy atom. The van der Waals surface area contributed by atoms with Crippen LogP contribution >= 0.6 is 0 Å². The molecule has 0 atom stereocenters. The van der Waals surface area contributed by atoms with Crippen LogP contribution in [0, 0.1) is 17.0 Å². The summed E-state index contributed by atoms with van der Waals surface area (Å²) in [5.41, 5.74) is 3.98. The highest BCUT2D eigenvalue weighted by atomic mass is 16.6. The molecule has 0 aliphatic rings. The summed E-state index contributed by atoms with van der Waals surface area (Å²) in [6.45, 7) is 1.89. The highest BCUT2D eigenvalue weighted by molar-refractivity contribution is 6.07. The minimum Gasteiger partial charge on any atom is -0.324 e. The lowest BCUT2D eigenvalue weighted by Crippen LogP contribution is -2.15. The van der Waals surface area contributed by atoms with Crippen molar-refractivity contribution < 1.29 is 9.72 Å². The summed E-state index contributed by atoms with van der Waals surface area (Å²) >= 11 is 0. The van der Waals surface area contributed by atoms with E-state index in [4.69, 9.17) is 5.84 Å². The SMILES string of the molecule is Cc1cccc(NC(=O)c2cc(NN)ccc2[N+](=O)[O-])c1. The number of hydrogen-bond donors (Lipinski definition) is 3. The quantitative estimate of drug-likeness (QED) is 0.454. The van der Waals surface area contributed by atoms with Crippen LogP contribution in [-0.4, -0.2) is 10.8 Å². The third-order valence-electron chi connectivity index (χ3n) is 2.88. The molecule has 0 aromatic heterocycles. The molecule has 0 aliphatic carbocycles. The lowest BCUT2D eigenvalue weighted by atomic mass is 10.1. The van der Waals surface area contributed by atoms with Gasteiger partial charge in [-0.2, -0.15) is 0 Å². The van der Waals surface area contributed by atoms with Gasteiger partial charge in [-0.3, -0.25) is 20.8 Å². The number of nitrogens with zero attached hydrogens (tertiary/aromatic N) is 1. The van der Waals surface area contributed by atoms with Crippen LogP contribution in [0.4, 0.5) is 17.1 Å². The van der Waals surface area contributed by atoms with Crippen molar-refractivity contribution in [3.05, 3.63) is 63.7 Å². The number of amides is 1. The second-order valence-electron chi connectivity index (χ2n) is 4.46. The van der Waals surface area contributed by atoms with Crippen LogP contribution in [0.2, 0.25) is 0 Å². The predicted octanol–water partition coefficient (Wildman–Crippen LogP) is 2.44. The fourth-order valence-electron chi connectivity index (χ4n) is 1.89. The van der Waals surface area contributed by atoms with Gasteiger partial charge in [0.1, 0.15) is 5.56 Å². The molecule has 2 aromatic rings. The van der Waals surface area contributed by atoms with E-state index >= 15 is 0 Å². The van der Waals surface area contributed by atoms with Crippen molar-refractivity contribution in [1.82, 2.24) is 0 Å². The zero-order valence-electron chi connectivity index (χ0n) is 11.3. The highest BCUT2D eigenvalue weighted by Gasteiger charge is 2.20. The first-order valence-electron chi connectivity index (χ1n) is 6.14. The Kier molecular flexibility index (Phi) is 4.15. The lowest BCUT2D eigenvalue weighted by molar-refractivity contribution is -0.385. The molecule has 0 spiro atoms. The average Bonchev–Trinajstić information content (AvgIpc) is 2.46. The first-order valence-corrected chi connectivity index (χ1v) is 6.14. The van der Waals surface area contributed by atoms with Gasteiger partial charge >= 0.3 is 0 Å². The van der Waals surface area contributed by atoms with E-state index in [-0.39, 0.29) is 11.3 Å². The van der Waals surface area contributed by atoms with E-state index in [1.165, 1.54) is 18.2 Å². The van der Waals surface area contributed by atoms with E-state index < -0.39 is 10.8 Å². The zero-order valence-corrected chi connectivity index (χ0v) is 11.3. The summed E-state index contributed by atoms with van der Waals surface area (Å²) < 4.78 is 0. The molecule has 1 amide bonds. The molecule has 2 aromatic carbocycles. The average molecular weight is 286 g/mol. The van der Waals surface area contributed by atoms with Gasteiger partial charge in [-0.1, -0.05) is 12.1 Å². The van der Waals surface area contributed by atoms with E-state index in [0.717, 1.165) is 5.56 Å². The van der Waals surface area contributed by atoms with Crippen LogP contribution in [0.5, 0.6) is 0 Å². The van der Waals surface area contributed by atoms with Crippen LogP contribution in [-0.2, 0) is 0 Å². The third kappa shape index (κ3) is 3.34. The molecule has 7 nitrogen and oxygen atoms in total. The van der Waals surface area contributed by atoms with Crippen LogP contribution in [0.25, 0.3) is 0 Å². The highest BCUT2D eigenvalue weighted by Crippen LogP contribution is 2.23.